The van der Waals surface area contributed by atoms with Crippen molar-refractivity contribution < 1.29 is 0 Å². The number of aromatic amines is 1. The first kappa shape index (κ1) is 19.7. The van der Waals surface area contributed by atoms with E-state index in [2.05, 4.69) is 37.6 Å². The second-order valence-electron chi connectivity index (χ2n) is 5.60. The lowest BCUT2D eigenvalue weighted by Crippen LogP contribution is -2.39. The van der Waals surface area contributed by atoms with Gasteiger partial charge in [-0.1, -0.05) is 11.6 Å². The van der Waals surface area contributed by atoms with Crippen molar-refractivity contribution in [2.75, 3.05) is 20.1 Å². The zero-order chi connectivity index (χ0) is 16.8. The highest BCUT2D eigenvalue weighted by Gasteiger charge is 2.05. The second-order valence-corrected chi connectivity index (χ2v) is 6.04. The molecule has 0 fully saturated rings. The first-order valence-electron chi connectivity index (χ1n) is 8.07. The molecular weight excluding hydrogens is 449 g/mol. The smallest absolute Gasteiger partial charge is 0.191 e. The molecule has 0 spiro atoms. The van der Waals surface area contributed by atoms with E-state index in [0.29, 0.717) is 0 Å². The maximum Gasteiger partial charge on any atom is 0.191 e. The van der Waals surface area contributed by atoms with Crippen LogP contribution in [-0.4, -0.2) is 35.6 Å². The Morgan fingerprint density at radius 1 is 1.20 bits per heavy atom. The molecule has 2 heterocycles. The molecule has 7 heteroatoms. The number of hydrogen-bond donors (Lipinski definition) is 3. The number of benzene rings is 1. The molecule has 3 aromatic rings. The minimum absolute atomic E-state index is 0. The van der Waals surface area contributed by atoms with Gasteiger partial charge in [0.05, 0.1) is 0 Å². The molecule has 3 N–H and O–H groups in total. The first-order valence-corrected chi connectivity index (χ1v) is 8.45. The molecule has 134 valence electrons. The number of H-pyrrole nitrogens is 1. The summed E-state index contributed by atoms with van der Waals surface area (Å²) in [5.41, 5.74) is 2.37. The maximum absolute atomic E-state index is 6.09. The average Bonchev–Trinajstić information content (AvgIpc) is 3.23. The van der Waals surface area contributed by atoms with Crippen molar-refractivity contribution in [3.05, 3.63) is 59.5 Å². The van der Waals surface area contributed by atoms with E-state index in [1.54, 1.807) is 7.05 Å². The topological polar surface area (TPSA) is 57.1 Å². The Morgan fingerprint density at radius 2 is 1.96 bits per heavy atom. The van der Waals surface area contributed by atoms with Gasteiger partial charge in [-0.3, -0.25) is 4.99 Å². The van der Waals surface area contributed by atoms with Crippen LogP contribution in [0.1, 0.15) is 5.56 Å². The molecule has 0 aliphatic carbocycles. The summed E-state index contributed by atoms with van der Waals surface area (Å²) in [6, 6.07) is 9.98. The highest BCUT2D eigenvalue weighted by molar-refractivity contribution is 14.0. The lowest BCUT2D eigenvalue weighted by atomic mass is 10.1. The average molecular weight is 472 g/mol. The van der Waals surface area contributed by atoms with Crippen molar-refractivity contribution in [1.29, 1.82) is 0 Å². The summed E-state index contributed by atoms with van der Waals surface area (Å²) >= 11 is 6.09. The zero-order valence-electron chi connectivity index (χ0n) is 14.1. The molecular formula is C18H23ClIN5. The number of nitrogens with zero attached hydrogens (tertiary/aromatic N) is 2. The molecule has 0 aliphatic rings. The van der Waals surface area contributed by atoms with Crippen LogP contribution < -0.4 is 10.6 Å². The Morgan fingerprint density at radius 3 is 2.72 bits per heavy atom. The number of fused-ring (bicyclic) bond motifs is 1. The van der Waals surface area contributed by atoms with Gasteiger partial charge in [-0.05, 0) is 42.3 Å². The Balaban J connectivity index is 0.00000225. The molecule has 0 atom stereocenters. The Bertz CT molecular complexity index is 810. The Kier molecular flexibility index (Phi) is 7.64. The molecule has 0 radical (unpaired) electrons. The molecule has 5 nitrogen and oxygen atoms in total. The minimum atomic E-state index is 0. The third-order valence-corrected chi connectivity index (χ3v) is 4.20. The molecule has 0 aliphatic heterocycles. The van der Waals surface area contributed by atoms with Gasteiger partial charge in [-0.25, -0.2) is 0 Å². The number of nitrogens with one attached hydrogen (secondary N) is 3. The molecule has 0 amide bonds. The van der Waals surface area contributed by atoms with E-state index in [9.17, 15) is 0 Å². The van der Waals surface area contributed by atoms with E-state index in [1.165, 1.54) is 10.9 Å². The number of halogens is 2. The summed E-state index contributed by atoms with van der Waals surface area (Å²) in [4.78, 5) is 7.54. The SMILES string of the molecule is CN=C(NCCc1c[nH]c2ccc(Cl)cc12)NCCn1cccc1.I. The van der Waals surface area contributed by atoms with Gasteiger partial charge in [-0.2, -0.15) is 0 Å². The number of aromatic nitrogens is 2. The van der Waals surface area contributed by atoms with E-state index >= 15 is 0 Å². The lowest BCUT2D eigenvalue weighted by Gasteiger charge is -2.12. The van der Waals surface area contributed by atoms with Crippen LogP contribution in [0.15, 0.2) is 53.9 Å². The normalized spacial score (nSPS) is 11.4. The van der Waals surface area contributed by atoms with Crippen LogP contribution in [0.4, 0.5) is 0 Å². The van der Waals surface area contributed by atoms with E-state index < -0.39 is 0 Å². The minimum Gasteiger partial charge on any atom is -0.361 e. The van der Waals surface area contributed by atoms with Gasteiger partial charge >= 0.3 is 0 Å². The molecule has 1 aromatic carbocycles. The summed E-state index contributed by atoms with van der Waals surface area (Å²) in [5.74, 6) is 0.819. The number of hydrogen-bond acceptors (Lipinski definition) is 1. The quantitative estimate of drug-likeness (QED) is 0.292. The van der Waals surface area contributed by atoms with Crippen LogP contribution in [0.5, 0.6) is 0 Å². The van der Waals surface area contributed by atoms with Crippen molar-refractivity contribution in [2.24, 2.45) is 4.99 Å². The van der Waals surface area contributed by atoms with Crippen molar-refractivity contribution in [3.8, 4) is 0 Å². The van der Waals surface area contributed by atoms with Gasteiger partial charge in [0, 0.05) is 61.2 Å². The number of guanidine groups is 1. The fraction of sp³-hybridized carbons (Fsp3) is 0.278. The predicted octanol–water partition coefficient (Wildman–Crippen LogP) is 3.65. The van der Waals surface area contributed by atoms with Crippen LogP contribution in [0.25, 0.3) is 10.9 Å². The van der Waals surface area contributed by atoms with Crippen molar-refractivity contribution >= 4 is 52.4 Å². The van der Waals surface area contributed by atoms with Gasteiger partial charge < -0.3 is 20.2 Å². The molecule has 3 rings (SSSR count). The van der Waals surface area contributed by atoms with Crippen molar-refractivity contribution in [3.63, 3.8) is 0 Å². The molecule has 0 unspecified atom stereocenters. The predicted molar refractivity (Wildman–Crippen MR) is 116 cm³/mol. The highest BCUT2D eigenvalue weighted by Crippen LogP contribution is 2.22. The first-order chi connectivity index (χ1) is 11.8. The van der Waals surface area contributed by atoms with Crippen LogP contribution in [0.2, 0.25) is 5.02 Å². The standard InChI is InChI=1S/C18H22ClN5.HI/c1-20-18(22-8-11-24-9-2-3-10-24)21-7-6-14-13-23-17-5-4-15(19)12-16(14)17;/h2-5,9-10,12-13,23H,6-8,11H2,1H3,(H2,20,21,22);1H. The van der Waals surface area contributed by atoms with Gasteiger partial charge in [-0.15, -0.1) is 24.0 Å². The fourth-order valence-corrected chi connectivity index (χ4v) is 2.89. The van der Waals surface area contributed by atoms with E-state index in [1.807, 2.05) is 36.5 Å². The van der Waals surface area contributed by atoms with Crippen LogP contribution in [-0.2, 0) is 13.0 Å². The van der Waals surface area contributed by atoms with E-state index in [0.717, 1.165) is 42.6 Å². The molecule has 0 saturated carbocycles. The van der Waals surface area contributed by atoms with Crippen molar-refractivity contribution in [1.82, 2.24) is 20.2 Å². The van der Waals surface area contributed by atoms with Gasteiger partial charge in [0.15, 0.2) is 5.96 Å². The fourth-order valence-electron chi connectivity index (χ4n) is 2.72. The molecule has 2 aromatic heterocycles. The summed E-state index contributed by atoms with van der Waals surface area (Å²) in [5, 5.41) is 8.62. The summed E-state index contributed by atoms with van der Waals surface area (Å²) < 4.78 is 2.13. The molecule has 0 saturated heterocycles. The van der Waals surface area contributed by atoms with Crippen molar-refractivity contribution in [2.45, 2.75) is 13.0 Å². The summed E-state index contributed by atoms with van der Waals surface area (Å²) in [6.45, 7) is 2.55. The lowest BCUT2D eigenvalue weighted by molar-refractivity contribution is 0.665. The van der Waals surface area contributed by atoms with Crippen LogP contribution >= 0.6 is 35.6 Å². The number of aliphatic imine (C=N–C) groups is 1. The largest absolute Gasteiger partial charge is 0.361 e. The van der Waals surface area contributed by atoms with Gasteiger partial charge in [0.25, 0.3) is 0 Å². The maximum atomic E-state index is 6.09. The monoisotopic (exact) mass is 471 g/mol. The molecule has 25 heavy (non-hydrogen) atoms. The summed E-state index contributed by atoms with van der Waals surface area (Å²) in [6.07, 6.45) is 7.06. The summed E-state index contributed by atoms with van der Waals surface area (Å²) in [7, 11) is 1.79. The Hall–Kier alpha value is -1.67. The highest BCUT2D eigenvalue weighted by atomic mass is 127. The van der Waals surface area contributed by atoms with Crippen LogP contribution in [0, 0.1) is 0 Å². The number of rotatable bonds is 6. The van der Waals surface area contributed by atoms with Gasteiger partial charge in [0.2, 0.25) is 0 Å². The van der Waals surface area contributed by atoms with E-state index in [4.69, 9.17) is 11.6 Å². The van der Waals surface area contributed by atoms with E-state index in [-0.39, 0.29) is 24.0 Å². The third kappa shape index (κ3) is 5.40. The van der Waals surface area contributed by atoms with Gasteiger partial charge in [0.1, 0.15) is 0 Å². The third-order valence-electron chi connectivity index (χ3n) is 3.97. The zero-order valence-corrected chi connectivity index (χ0v) is 17.2. The molecule has 0 bridgehead atoms. The Labute approximate surface area is 169 Å². The van der Waals surface area contributed by atoms with Crippen LogP contribution in [0.3, 0.4) is 0 Å². The second kappa shape index (κ2) is 9.72.